The molecule has 3 heteroatoms. The predicted molar refractivity (Wildman–Crippen MR) is 59.4 cm³/mol. The van der Waals surface area contributed by atoms with Gasteiger partial charge in [0.05, 0.1) is 6.10 Å². The quantitative estimate of drug-likeness (QED) is 0.631. The van der Waals surface area contributed by atoms with E-state index in [9.17, 15) is 5.11 Å². The van der Waals surface area contributed by atoms with Crippen molar-refractivity contribution >= 4 is 0 Å². The number of rotatable bonds is 4. The van der Waals surface area contributed by atoms with Gasteiger partial charge in [-0.1, -0.05) is 6.92 Å². The summed E-state index contributed by atoms with van der Waals surface area (Å²) in [6.45, 7) is 7.47. The second-order valence-electron chi connectivity index (χ2n) is 4.49. The van der Waals surface area contributed by atoms with E-state index in [4.69, 9.17) is 0 Å². The fourth-order valence-corrected chi connectivity index (χ4v) is 1.86. The van der Waals surface area contributed by atoms with E-state index in [2.05, 4.69) is 24.5 Å². The number of aliphatic hydroxyl groups is 1. The van der Waals surface area contributed by atoms with Crippen molar-refractivity contribution in [1.82, 2.24) is 10.6 Å². The van der Waals surface area contributed by atoms with Crippen LogP contribution in [-0.2, 0) is 0 Å². The lowest BCUT2D eigenvalue weighted by Crippen LogP contribution is -2.58. The van der Waals surface area contributed by atoms with E-state index in [0.717, 1.165) is 25.8 Å². The topological polar surface area (TPSA) is 44.3 Å². The first-order chi connectivity index (χ1) is 6.63. The maximum atomic E-state index is 9.46. The summed E-state index contributed by atoms with van der Waals surface area (Å²) in [7, 11) is 0. The average molecular weight is 200 g/mol. The number of hydrogen-bond donors (Lipinski definition) is 3. The number of piperazine rings is 1. The molecular formula is C11H24N2O. The fourth-order valence-electron chi connectivity index (χ4n) is 1.86. The van der Waals surface area contributed by atoms with E-state index in [1.54, 1.807) is 0 Å². The fraction of sp³-hybridized carbons (Fsp3) is 1.00. The maximum Gasteiger partial charge on any atom is 0.0538 e. The summed E-state index contributed by atoms with van der Waals surface area (Å²) in [6.07, 6.45) is 2.73. The lowest BCUT2D eigenvalue weighted by atomic mass is 10.0. The van der Waals surface area contributed by atoms with Crippen molar-refractivity contribution < 1.29 is 5.11 Å². The largest absolute Gasteiger partial charge is 0.393 e. The van der Waals surface area contributed by atoms with Crippen molar-refractivity contribution in [2.24, 2.45) is 0 Å². The van der Waals surface area contributed by atoms with Gasteiger partial charge in [-0.3, -0.25) is 0 Å². The van der Waals surface area contributed by atoms with Gasteiger partial charge in [-0.2, -0.15) is 0 Å². The Morgan fingerprint density at radius 2 is 2.07 bits per heavy atom. The second kappa shape index (κ2) is 5.69. The molecule has 1 rings (SSSR count). The van der Waals surface area contributed by atoms with Gasteiger partial charge in [-0.05, 0) is 33.1 Å². The highest BCUT2D eigenvalue weighted by Gasteiger charge is 2.22. The molecule has 0 amide bonds. The van der Waals surface area contributed by atoms with Gasteiger partial charge >= 0.3 is 0 Å². The van der Waals surface area contributed by atoms with Crippen molar-refractivity contribution in [3.8, 4) is 0 Å². The van der Waals surface area contributed by atoms with Gasteiger partial charge in [0.2, 0.25) is 0 Å². The summed E-state index contributed by atoms with van der Waals surface area (Å²) in [5, 5.41) is 16.5. The molecule has 1 fully saturated rings. The first-order valence-corrected chi connectivity index (χ1v) is 5.81. The predicted octanol–water partition coefficient (Wildman–Crippen LogP) is 0.876. The Balaban J connectivity index is 2.20. The van der Waals surface area contributed by atoms with Crippen LogP contribution in [0.2, 0.25) is 0 Å². The van der Waals surface area contributed by atoms with Gasteiger partial charge in [0, 0.05) is 24.7 Å². The lowest BCUT2D eigenvalue weighted by molar-refractivity contribution is 0.147. The smallest absolute Gasteiger partial charge is 0.0538 e. The van der Waals surface area contributed by atoms with Crippen molar-refractivity contribution in [3.63, 3.8) is 0 Å². The molecule has 1 heterocycles. The normalized spacial score (nSPS) is 35.6. The summed E-state index contributed by atoms with van der Waals surface area (Å²) in [4.78, 5) is 0. The summed E-state index contributed by atoms with van der Waals surface area (Å²) in [5.41, 5.74) is 0. The molecule has 0 aromatic rings. The van der Waals surface area contributed by atoms with Crippen molar-refractivity contribution in [3.05, 3.63) is 0 Å². The standard InChI is InChI=1S/C11H24N2O/c1-4-11(14)6-5-10-7-12-8(2)9(3)13-10/h8-14H,4-7H2,1-3H3. The van der Waals surface area contributed by atoms with E-state index in [-0.39, 0.29) is 6.10 Å². The molecule has 3 nitrogen and oxygen atoms in total. The summed E-state index contributed by atoms with van der Waals surface area (Å²) in [6, 6.07) is 1.62. The zero-order chi connectivity index (χ0) is 10.6. The third kappa shape index (κ3) is 3.56. The average Bonchev–Trinajstić information content (AvgIpc) is 2.19. The van der Waals surface area contributed by atoms with Crippen LogP contribution in [0.3, 0.4) is 0 Å². The molecule has 0 spiro atoms. The molecule has 3 N–H and O–H groups in total. The van der Waals surface area contributed by atoms with Gasteiger partial charge < -0.3 is 15.7 Å². The molecule has 1 saturated heterocycles. The van der Waals surface area contributed by atoms with Crippen molar-refractivity contribution in [2.75, 3.05) is 6.54 Å². The van der Waals surface area contributed by atoms with E-state index in [0.29, 0.717) is 18.1 Å². The molecule has 0 aromatic carbocycles. The van der Waals surface area contributed by atoms with Crippen LogP contribution in [0, 0.1) is 0 Å². The summed E-state index contributed by atoms with van der Waals surface area (Å²) >= 11 is 0. The van der Waals surface area contributed by atoms with Crippen LogP contribution >= 0.6 is 0 Å². The highest BCUT2D eigenvalue weighted by Crippen LogP contribution is 2.09. The molecule has 0 saturated carbocycles. The number of aliphatic hydroxyl groups excluding tert-OH is 1. The van der Waals surface area contributed by atoms with Gasteiger partial charge in [0.1, 0.15) is 0 Å². The van der Waals surface area contributed by atoms with E-state index < -0.39 is 0 Å². The molecule has 0 aromatic heterocycles. The van der Waals surface area contributed by atoms with Crippen molar-refractivity contribution in [2.45, 2.75) is 64.3 Å². The molecule has 4 atom stereocenters. The Hall–Kier alpha value is -0.120. The first kappa shape index (κ1) is 12.0. The van der Waals surface area contributed by atoms with Gasteiger partial charge in [0.25, 0.3) is 0 Å². The lowest BCUT2D eigenvalue weighted by Gasteiger charge is -2.35. The van der Waals surface area contributed by atoms with Crippen molar-refractivity contribution in [1.29, 1.82) is 0 Å². The Kier molecular flexibility index (Phi) is 4.85. The Labute approximate surface area is 87.3 Å². The maximum absolute atomic E-state index is 9.46. The number of nitrogens with one attached hydrogen (secondary N) is 2. The molecular weight excluding hydrogens is 176 g/mol. The molecule has 0 bridgehead atoms. The molecule has 84 valence electrons. The zero-order valence-electron chi connectivity index (χ0n) is 9.59. The first-order valence-electron chi connectivity index (χ1n) is 5.81. The Morgan fingerprint density at radius 1 is 1.36 bits per heavy atom. The zero-order valence-corrected chi connectivity index (χ0v) is 9.59. The minimum absolute atomic E-state index is 0.119. The van der Waals surface area contributed by atoms with E-state index in [1.807, 2.05) is 6.92 Å². The molecule has 14 heavy (non-hydrogen) atoms. The minimum atomic E-state index is -0.119. The molecule has 0 aliphatic carbocycles. The molecule has 4 unspecified atom stereocenters. The SMILES string of the molecule is CCC(O)CCC1CNC(C)C(C)N1. The van der Waals surface area contributed by atoms with Crippen LogP contribution in [0.1, 0.15) is 40.0 Å². The van der Waals surface area contributed by atoms with E-state index >= 15 is 0 Å². The van der Waals surface area contributed by atoms with Crippen LogP contribution in [0.25, 0.3) is 0 Å². The summed E-state index contributed by atoms with van der Waals surface area (Å²) < 4.78 is 0. The van der Waals surface area contributed by atoms with Crippen LogP contribution in [-0.4, -0.2) is 35.9 Å². The van der Waals surface area contributed by atoms with Crippen LogP contribution in [0.5, 0.6) is 0 Å². The van der Waals surface area contributed by atoms with Gasteiger partial charge in [-0.15, -0.1) is 0 Å². The highest BCUT2D eigenvalue weighted by atomic mass is 16.3. The third-order valence-electron chi connectivity index (χ3n) is 3.25. The Bertz CT molecular complexity index is 163. The van der Waals surface area contributed by atoms with Gasteiger partial charge in [-0.25, -0.2) is 0 Å². The summed E-state index contributed by atoms with van der Waals surface area (Å²) in [5.74, 6) is 0. The highest BCUT2D eigenvalue weighted by molar-refractivity contribution is 4.86. The number of hydrogen-bond acceptors (Lipinski definition) is 3. The van der Waals surface area contributed by atoms with E-state index in [1.165, 1.54) is 0 Å². The molecule has 0 radical (unpaired) electrons. The van der Waals surface area contributed by atoms with Crippen LogP contribution < -0.4 is 10.6 Å². The monoisotopic (exact) mass is 200 g/mol. The molecule has 1 aliphatic heterocycles. The minimum Gasteiger partial charge on any atom is -0.393 e. The van der Waals surface area contributed by atoms with Crippen LogP contribution in [0.4, 0.5) is 0 Å². The second-order valence-corrected chi connectivity index (χ2v) is 4.49. The Morgan fingerprint density at radius 3 is 2.64 bits per heavy atom. The third-order valence-corrected chi connectivity index (χ3v) is 3.25. The van der Waals surface area contributed by atoms with Crippen LogP contribution in [0.15, 0.2) is 0 Å². The van der Waals surface area contributed by atoms with Gasteiger partial charge in [0.15, 0.2) is 0 Å². The molecule has 1 aliphatic rings.